The number of nitrogens with one attached hydrogen (secondary N) is 1. The Morgan fingerprint density at radius 2 is 1.88 bits per heavy atom. The van der Waals surface area contributed by atoms with Crippen molar-refractivity contribution >= 4 is 27.3 Å². The molecule has 2 aliphatic carbocycles. The first-order valence-corrected chi connectivity index (χ1v) is 11.8. The average Bonchev–Trinajstić information content (AvgIpc) is 3.58. The van der Waals surface area contributed by atoms with E-state index < -0.39 is 21.8 Å². The second kappa shape index (κ2) is 9.21. The molecule has 1 amide bonds. The van der Waals surface area contributed by atoms with Crippen LogP contribution in [0.15, 0.2) is 46.7 Å². The lowest BCUT2D eigenvalue weighted by molar-refractivity contribution is -0.110. The summed E-state index contributed by atoms with van der Waals surface area (Å²) in [6, 6.07) is 6.00. The minimum atomic E-state index is -3.34. The molecule has 1 heterocycles. The summed E-state index contributed by atoms with van der Waals surface area (Å²) in [6.07, 6.45) is 4.96. The lowest BCUT2D eigenvalue weighted by Gasteiger charge is -2.12. The normalized spacial score (nSPS) is 21.2. The van der Waals surface area contributed by atoms with Crippen LogP contribution in [0.1, 0.15) is 37.7 Å². The van der Waals surface area contributed by atoms with Crippen LogP contribution < -0.4 is 10.1 Å². The molecule has 4 rings (SSSR count). The van der Waals surface area contributed by atoms with Crippen molar-refractivity contribution in [2.45, 2.75) is 54.5 Å². The first kappa shape index (κ1) is 22.2. The molecule has 2 saturated carbocycles. The van der Waals surface area contributed by atoms with E-state index in [2.05, 4.69) is 20.4 Å². The third kappa shape index (κ3) is 5.05. The number of rotatable bonds is 8. The molecular weight excluding hydrogens is 436 g/mol. The van der Waals surface area contributed by atoms with Gasteiger partial charge >= 0.3 is 0 Å². The number of oxime groups is 1. The molecule has 1 aromatic heterocycles. The van der Waals surface area contributed by atoms with Crippen molar-refractivity contribution in [2.75, 3.05) is 12.4 Å². The fourth-order valence-corrected chi connectivity index (χ4v) is 5.06. The van der Waals surface area contributed by atoms with E-state index in [0.29, 0.717) is 43.5 Å². The number of aliphatic hydroxyl groups is 1. The van der Waals surface area contributed by atoms with Gasteiger partial charge in [0.15, 0.2) is 21.4 Å². The molecule has 0 saturated heterocycles. The van der Waals surface area contributed by atoms with Crippen molar-refractivity contribution in [2.24, 2.45) is 5.16 Å². The van der Waals surface area contributed by atoms with Gasteiger partial charge in [0, 0.05) is 12.0 Å². The summed E-state index contributed by atoms with van der Waals surface area (Å²) in [5, 5.41) is 16.0. The van der Waals surface area contributed by atoms with Gasteiger partial charge in [0.05, 0.1) is 35.8 Å². The van der Waals surface area contributed by atoms with E-state index in [1.54, 1.807) is 0 Å². The Kier molecular flexibility index (Phi) is 6.38. The minimum absolute atomic E-state index is 0.0422. The number of benzene rings is 1. The van der Waals surface area contributed by atoms with Gasteiger partial charge in [0.25, 0.3) is 5.91 Å². The minimum Gasteiger partial charge on any atom is -0.480 e. The maximum Gasteiger partial charge on any atom is 0.279 e. The number of amides is 1. The van der Waals surface area contributed by atoms with Crippen molar-refractivity contribution in [3.63, 3.8) is 0 Å². The second-order valence-electron chi connectivity index (χ2n) is 7.80. The van der Waals surface area contributed by atoms with Gasteiger partial charge in [0.1, 0.15) is 6.10 Å². The Bertz CT molecular complexity index is 1100. The van der Waals surface area contributed by atoms with Crippen LogP contribution in [0.2, 0.25) is 0 Å². The molecule has 1 aromatic carbocycles. The van der Waals surface area contributed by atoms with Crippen molar-refractivity contribution < 1.29 is 27.9 Å². The summed E-state index contributed by atoms with van der Waals surface area (Å²) in [5.74, 6) is -0.110. The molecule has 0 unspecified atom stereocenters. The third-order valence-corrected chi connectivity index (χ3v) is 7.64. The summed E-state index contributed by atoms with van der Waals surface area (Å²) in [6.45, 7) is 0. The maximum atomic E-state index is 12.9. The molecular formula is C21H24N4O6S. The lowest BCUT2D eigenvalue weighted by Crippen LogP contribution is -2.25. The first-order chi connectivity index (χ1) is 15.4. The molecule has 11 heteroatoms. The molecule has 2 fully saturated rings. The van der Waals surface area contributed by atoms with Crippen molar-refractivity contribution in [1.29, 1.82) is 0 Å². The molecule has 2 N–H and O–H groups in total. The predicted molar refractivity (Wildman–Crippen MR) is 115 cm³/mol. The molecule has 170 valence electrons. The molecule has 2 aromatic rings. The molecule has 32 heavy (non-hydrogen) atoms. The number of hydrogen-bond acceptors (Lipinski definition) is 9. The zero-order valence-electron chi connectivity index (χ0n) is 17.5. The highest BCUT2D eigenvalue weighted by Crippen LogP contribution is 2.33. The van der Waals surface area contributed by atoms with Gasteiger partial charge in [-0.05, 0) is 37.8 Å². The fraction of sp³-hybridized carbons (Fsp3) is 0.429. The number of methoxy groups -OCH3 is 1. The van der Waals surface area contributed by atoms with E-state index in [1.165, 1.54) is 43.8 Å². The second-order valence-corrected chi connectivity index (χ2v) is 10.0. The van der Waals surface area contributed by atoms with E-state index in [-0.39, 0.29) is 27.8 Å². The van der Waals surface area contributed by atoms with Crippen LogP contribution >= 0.6 is 0 Å². The highest BCUT2D eigenvalue weighted by atomic mass is 32.2. The van der Waals surface area contributed by atoms with Crippen LogP contribution in [0, 0.1) is 0 Å². The largest absolute Gasteiger partial charge is 0.480 e. The van der Waals surface area contributed by atoms with E-state index in [9.17, 15) is 18.3 Å². The number of aliphatic hydroxyl groups excluding tert-OH is 1. The van der Waals surface area contributed by atoms with E-state index in [4.69, 9.17) is 9.57 Å². The van der Waals surface area contributed by atoms with Gasteiger partial charge in [-0.15, -0.1) is 0 Å². The van der Waals surface area contributed by atoms with Crippen LogP contribution in [0.4, 0.5) is 5.82 Å². The number of aromatic nitrogens is 2. The number of carbonyl (C=O) groups is 1. The average molecular weight is 461 g/mol. The fourth-order valence-electron chi connectivity index (χ4n) is 3.40. The summed E-state index contributed by atoms with van der Waals surface area (Å²) >= 11 is 0. The first-order valence-electron chi connectivity index (χ1n) is 10.3. The zero-order valence-corrected chi connectivity index (χ0v) is 18.3. The van der Waals surface area contributed by atoms with E-state index in [1.807, 2.05) is 0 Å². The van der Waals surface area contributed by atoms with Crippen molar-refractivity contribution in [3.05, 3.63) is 42.2 Å². The van der Waals surface area contributed by atoms with E-state index in [0.717, 1.165) is 0 Å². The van der Waals surface area contributed by atoms with Crippen molar-refractivity contribution in [3.8, 4) is 5.88 Å². The Morgan fingerprint density at radius 3 is 2.44 bits per heavy atom. The monoisotopic (exact) mass is 460 g/mol. The Balaban J connectivity index is 1.57. The number of anilines is 1. The standard InChI is InChI=1S/C21H24N4O6S/c1-30-19-12-22-18(11-23-19)24-21(27)20(25-31-15-5-4-14(26)10-15)13-2-6-16(7-3-13)32(28,29)17-8-9-17/h2-3,6-7,11-12,14-15,17,26H,4-5,8-10H2,1H3,(H,22,24,27)/b25-20+/t14-,15-/m1/s1. The van der Waals surface area contributed by atoms with Gasteiger partial charge < -0.3 is 20.0 Å². The predicted octanol–water partition coefficient (Wildman–Crippen LogP) is 1.69. The van der Waals surface area contributed by atoms with Crippen LogP contribution in [0.25, 0.3) is 0 Å². The molecule has 2 atom stereocenters. The topological polar surface area (TPSA) is 140 Å². The number of ether oxygens (including phenoxy) is 1. The smallest absolute Gasteiger partial charge is 0.279 e. The third-order valence-electron chi connectivity index (χ3n) is 5.36. The number of hydrogen-bond donors (Lipinski definition) is 2. The quantitative estimate of drug-likeness (QED) is 0.448. The van der Waals surface area contributed by atoms with Crippen molar-refractivity contribution in [1.82, 2.24) is 9.97 Å². The van der Waals surface area contributed by atoms with Crippen LogP contribution in [0.5, 0.6) is 5.88 Å². The highest BCUT2D eigenvalue weighted by Gasteiger charge is 2.36. The van der Waals surface area contributed by atoms with Crippen LogP contribution in [0.3, 0.4) is 0 Å². The summed E-state index contributed by atoms with van der Waals surface area (Å²) in [5.41, 5.74) is 0.344. The van der Waals surface area contributed by atoms with Gasteiger partial charge in [-0.3, -0.25) is 4.79 Å². The Labute approximate surface area is 185 Å². The van der Waals surface area contributed by atoms with Gasteiger partial charge in [0.2, 0.25) is 5.88 Å². The Hall–Kier alpha value is -3.05. The van der Waals surface area contributed by atoms with Crippen LogP contribution in [-0.2, 0) is 19.5 Å². The number of sulfone groups is 1. The SMILES string of the molecule is COc1cnc(NC(=O)/C(=N/O[C@@H]2CC[C@@H](O)C2)c2ccc(S(=O)(=O)C3CC3)cc2)cn1. The van der Waals surface area contributed by atoms with Gasteiger partial charge in [-0.1, -0.05) is 17.3 Å². The van der Waals surface area contributed by atoms with E-state index >= 15 is 0 Å². The molecule has 0 aliphatic heterocycles. The molecule has 2 aliphatic rings. The zero-order chi connectivity index (χ0) is 22.7. The lowest BCUT2D eigenvalue weighted by atomic mass is 10.1. The molecule has 10 nitrogen and oxygen atoms in total. The maximum absolute atomic E-state index is 12.9. The van der Waals surface area contributed by atoms with Crippen LogP contribution in [-0.4, -0.2) is 59.7 Å². The number of carbonyl (C=O) groups excluding carboxylic acids is 1. The molecule has 0 spiro atoms. The number of nitrogens with zero attached hydrogens (tertiary/aromatic N) is 3. The highest BCUT2D eigenvalue weighted by molar-refractivity contribution is 7.92. The van der Waals surface area contributed by atoms with Gasteiger partial charge in [-0.25, -0.2) is 18.4 Å². The molecule has 0 bridgehead atoms. The summed E-state index contributed by atoms with van der Waals surface area (Å²) in [4.78, 5) is 26.7. The summed E-state index contributed by atoms with van der Waals surface area (Å²) < 4.78 is 29.9. The molecule has 0 radical (unpaired) electrons. The summed E-state index contributed by atoms with van der Waals surface area (Å²) in [7, 11) is -1.89. The van der Waals surface area contributed by atoms with Gasteiger partial charge in [-0.2, -0.15) is 0 Å². The Morgan fingerprint density at radius 1 is 1.12 bits per heavy atom.